The molecule has 26 heavy (non-hydrogen) atoms. The van der Waals surface area contributed by atoms with Crippen molar-refractivity contribution in [2.24, 2.45) is 0 Å². The van der Waals surface area contributed by atoms with Crippen LogP contribution in [0.1, 0.15) is 32.8 Å². The van der Waals surface area contributed by atoms with Crippen molar-refractivity contribution in [1.29, 1.82) is 0 Å². The minimum Gasteiger partial charge on any atom is -0.468 e. The molecule has 2 unspecified atom stereocenters. The van der Waals surface area contributed by atoms with E-state index in [1.165, 1.54) is 7.11 Å². The van der Waals surface area contributed by atoms with Crippen LogP contribution in [0.15, 0.2) is 24.3 Å². The van der Waals surface area contributed by atoms with Gasteiger partial charge < -0.3 is 14.4 Å². The summed E-state index contributed by atoms with van der Waals surface area (Å²) in [6, 6.07) is 6.91. The number of nitrogens with zero attached hydrogens (tertiary/aromatic N) is 1. The van der Waals surface area contributed by atoms with Crippen molar-refractivity contribution in [3.05, 3.63) is 34.9 Å². The SMILES string of the molecule is COC(=O)C(Cc1ccc(Cl)cc1)NC1CCN(C(=O)OC(C)(C)C)C1. The Morgan fingerprint density at radius 3 is 2.54 bits per heavy atom. The molecule has 1 saturated heterocycles. The maximum atomic E-state index is 12.2. The summed E-state index contributed by atoms with van der Waals surface area (Å²) in [6.07, 6.45) is 0.925. The fourth-order valence-electron chi connectivity index (χ4n) is 2.88. The van der Waals surface area contributed by atoms with Gasteiger partial charge in [0.2, 0.25) is 0 Å². The van der Waals surface area contributed by atoms with E-state index in [0.29, 0.717) is 24.5 Å². The van der Waals surface area contributed by atoms with Gasteiger partial charge >= 0.3 is 12.1 Å². The number of ether oxygens (including phenoxy) is 2. The third-order valence-corrected chi connectivity index (χ3v) is 4.37. The van der Waals surface area contributed by atoms with E-state index in [4.69, 9.17) is 21.1 Å². The monoisotopic (exact) mass is 382 g/mol. The topological polar surface area (TPSA) is 67.9 Å². The number of methoxy groups -OCH3 is 1. The summed E-state index contributed by atoms with van der Waals surface area (Å²) >= 11 is 5.91. The van der Waals surface area contributed by atoms with Crippen LogP contribution in [-0.2, 0) is 20.7 Å². The number of esters is 1. The highest BCUT2D eigenvalue weighted by molar-refractivity contribution is 6.30. The van der Waals surface area contributed by atoms with Crippen molar-refractivity contribution >= 4 is 23.7 Å². The van der Waals surface area contributed by atoms with E-state index >= 15 is 0 Å². The molecule has 0 radical (unpaired) electrons. The molecular weight excluding hydrogens is 356 g/mol. The summed E-state index contributed by atoms with van der Waals surface area (Å²) in [6.45, 7) is 6.63. The fourth-order valence-corrected chi connectivity index (χ4v) is 3.01. The van der Waals surface area contributed by atoms with Crippen molar-refractivity contribution in [1.82, 2.24) is 10.2 Å². The number of rotatable bonds is 5. The van der Waals surface area contributed by atoms with Gasteiger partial charge in [0.15, 0.2) is 0 Å². The van der Waals surface area contributed by atoms with Crippen LogP contribution in [0.3, 0.4) is 0 Å². The molecule has 6 nitrogen and oxygen atoms in total. The Morgan fingerprint density at radius 1 is 1.31 bits per heavy atom. The first kappa shape index (κ1) is 20.5. The number of carbonyl (C=O) groups is 2. The van der Waals surface area contributed by atoms with Gasteiger partial charge in [-0.05, 0) is 51.3 Å². The molecule has 7 heteroatoms. The summed E-state index contributed by atoms with van der Waals surface area (Å²) in [5.41, 5.74) is 0.463. The average Bonchev–Trinajstić information content (AvgIpc) is 3.03. The van der Waals surface area contributed by atoms with Gasteiger partial charge in [0.05, 0.1) is 7.11 Å². The highest BCUT2D eigenvalue weighted by atomic mass is 35.5. The number of likely N-dealkylation sites (tertiary alicyclic amines) is 1. The lowest BCUT2D eigenvalue weighted by molar-refractivity contribution is -0.143. The largest absolute Gasteiger partial charge is 0.468 e. The van der Waals surface area contributed by atoms with Crippen LogP contribution in [0.2, 0.25) is 5.02 Å². The number of carbonyl (C=O) groups excluding carboxylic acids is 2. The molecule has 1 N–H and O–H groups in total. The van der Waals surface area contributed by atoms with Crippen LogP contribution in [0, 0.1) is 0 Å². The fraction of sp³-hybridized carbons (Fsp3) is 0.579. The van der Waals surface area contributed by atoms with E-state index in [-0.39, 0.29) is 18.1 Å². The van der Waals surface area contributed by atoms with Crippen molar-refractivity contribution < 1.29 is 19.1 Å². The minimum absolute atomic E-state index is 0.0129. The molecule has 144 valence electrons. The zero-order chi connectivity index (χ0) is 19.3. The molecular formula is C19H27ClN2O4. The zero-order valence-electron chi connectivity index (χ0n) is 15.8. The van der Waals surface area contributed by atoms with E-state index in [0.717, 1.165) is 12.0 Å². The van der Waals surface area contributed by atoms with E-state index in [2.05, 4.69) is 5.32 Å². The lowest BCUT2D eigenvalue weighted by Gasteiger charge is -2.25. The number of nitrogens with one attached hydrogen (secondary N) is 1. The van der Waals surface area contributed by atoms with Crippen molar-refractivity contribution in [2.45, 2.75) is 51.3 Å². The molecule has 1 fully saturated rings. The second-order valence-electron chi connectivity index (χ2n) is 7.48. The standard InChI is InChI=1S/C19H27ClN2O4/c1-19(2,3)26-18(24)22-10-9-15(12-22)21-16(17(23)25-4)11-13-5-7-14(20)8-6-13/h5-8,15-16,21H,9-12H2,1-4H3. The second-order valence-corrected chi connectivity index (χ2v) is 7.92. The molecule has 2 rings (SSSR count). The zero-order valence-corrected chi connectivity index (χ0v) is 16.5. The van der Waals surface area contributed by atoms with Gasteiger partial charge in [-0.3, -0.25) is 10.1 Å². The Hall–Kier alpha value is -1.79. The molecule has 0 aliphatic carbocycles. The summed E-state index contributed by atoms with van der Waals surface area (Å²) in [4.78, 5) is 26.0. The molecule has 0 spiro atoms. The highest BCUT2D eigenvalue weighted by Crippen LogP contribution is 2.17. The van der Waals surface area contributed by atoms with Gasteiger partial charge in [0.25, 0.3) is 0 Å². The van der Waals surface area contributed by atoms with E-state index < -0.39 is 11.6 Å². The lowest BCUT2D eigenvalue weighted by Crippen LogP contribution is -2.47. The van der Waals surface area contributed by atoms with Crippen molar-refractivity contribution in [3.8, 4) is 0 Å². The van der Waals surface area contributed by atoms with Gasteiger partial charge in [-0.1, -0.05) is 23.7 Å². The first-order chi connectivity index (χ1) is 12.2. The van der Waals surface area contributed by atoms with Gasteiger partial charge in [0.1, 0.15) is 11.6 Å². The molecule has 2 atom stereocenters. The molecule has 1 amide bonds. The average molecular weight is 383 g/mol. The van der Waals surface area contributed by atoms with Crippen LogP contribution < -0.4 is 5.32 Å². The molecule has 0 bridgehead atoms. The summed E-state index contributed by atoms with van der Waals surface area (Å²) < 4.78 is 10.3. The highest BCUT2D eigenvalue weighted by Gasteiger charge is 2.32. The van der Waals surface area contributed by atoms with Crippen LogP contribution in [0.4, 0.5) is 4.79 Å². The first-order valence-corrected chi connectivity index (χ1v) is 9.12. The van der Waals surface area contributed by atoms with E-state index in [1.54, 1.807) is 17.0 Å². The molecule has 1 aromatic carbocycles. The first-order valence-electron chi connectivity index (χ1n) is 8.74. The molecule has 0 aromatic heterocycles. The van der Waals surface area contributed by atoms with Gasteiger partial charge in [-0.2, -0.15) is 0 Å². The Morgan fingerprint density at radius 2 is 1.96 bits per heavy atom. The van der Waals surface area contributed by atoms with Crippen LogP contribution in [0.5, 0.6) is 0 Å². The smallest absolute Gasteiger partial charge is 0.410 e. The number of benzene rings is 1. The Bertz CT molecular complexity index is 627. The molecule has 0 saturated carbocycles. The predicted molar refractivity (Wildman–Crippen MR) is 100 cm³/mol. The third-order valence-electron chi connectivity index (χ3n) is 4.12. The molecule has 1 heterocycles. The molecule has 1 aromatic rings. The number of amides is 1. The van der Waals surface area contributed by atoms with Crippen molar-refractivity contribution in [2.75, 3.05) is 20.2 Å². The molecule has 1 aliphatic heterocycles. The second kappa shape index (κ2) is 8.73. The summed E-state index contributed by atoms with van der Waals surface area (Å²) in [7, 11) is 1.38. The lowest BCUT2D eigenvalue weighted by atomic mass is 10.0. The summed E-state index contributed by atoms with van der Waals surface area (Å²) in [5, 5.41) is 3.97. The van der Waals surface area contributed by atoms with Gasteiger partial charge in [0, 0.05) is 24.2 Å². The Kier molecular flexibility index (Phi) is 6.89. The van der Waals surface area contributed by atoms with Gasteiger partial charge in [-0.25, -0.2) is 4.79 Å². The van der Waals surface area contributed by atoms with Crippen molar-refractivity contribution in [3.63, 3.8) is 0 Å². The quantitative estimate of drug-likeness (QED) is 0.793. The maximum Gasteiger partial charge on any atom is 0.410 e. The summed E-state index contributed by atoms with van der Waals surface area (Å²) in [5.74, 6) is -0.323. The Labute approximate surface area is 159 Å². The number of hydrogen-bond acceptors (Lipinski definition) is 5. The van der Waals surface area contributed by atoms with Crippen LogP contribution in [-0.4, -0.2) is 54.8 Å². The Balaban J connectivity index is 1.95. The van der Waals surface area contributed by atoms with Gasteiger partial charge in [-0.15, -0.1) is 0 Å². The number of hydrogen-bond donors (Lipinski definition) is 1. The van der Waals surface area contributed by atoms with Crippen LogP contribution in [0.25, 0.3) is 0 Å². The van der Waals surface area contributed by atoms with Crippen LogP contribution >= 0.6 is 11.6 Å². The van der Waals surface area contributed by atoms with E-state index in [1.807, 2.05) is 32.9 Å². The normalized spacial score (nSPS) is 18.5. The predicted octanol–water partition coefficient (Wildman–Crippen LogP) is 3.02. The third kappa shape index (κ3) is 6.18. The minimum atomic E-state index is -0.522. The molecule has 1 aliphatic rings. The number of halogens is 1. The maximum absolute atomic E-state index is 12.2. The van der Waals surface area contributed by atoms with E-state index in [9.17, 15) is 9.59 Å².